The van der Waals surface area contributed by atoms with Crippen LogP contribution in [-0.4, -0.2) is 59.1 Å². The highest BCUT2D eigenvalue weighted by Gasteiger charge is 2.48. The minimum atomic E-state index is -1.94. The second-order valence-corrected chi connectivity index (χ2v) is 16.6. The average Bonchev–Trinajstić information content (AvgIpc) is 3.09. The second kappa shape index (κ2) is 14.1. The van der Waals surface area contributed by atoms with Crippen LogP contribution < -0.4 is 0 Å². The van der Waals surface area contributed by atoms with Gasteiger partial charge < -0.3 is 23.4 Å². The molecule has 0 aromatic carbocycles. The molecule has 0 bridgehead atoms. The van der Waals surface area contributed by atoms with Crippen LogP contribution in [0.25, 0.3) is 0 Å². The molecule has 2 rings (SSSR count). The van der Waals surface area contributed by atoms with Gasteiger partial charge in [0, 0.05) is 44.8 Å². The second-order valence-electron chi connectivity index (χ2n) is 11.8. The molecule has 0 aromatic heterocycles. The first kappa shape index (κ1) is 30.3. The summed E-state index contributed by atoms with van der Waals surface area (Å²) in [5.41, 5.74) is 0. The van der Waals surface area contributed by atoms with E-state index in [4.69, 9.17) is 23.4 Å². The van der Waals surface area contributed by atoms with Gasteiger partial charge in [0.1, 0.15) is 6.10 Å². The van der Waals surface area contributed by atoms with Crippen molar-refractivity contribution in [3.63, 3.8) is 0 Å². The smallest absolute Gasteiger partial charge is 0.305 e. The van der Waals surface area contributed by atoms with Crippen molar-refractivity contribution in [2.45, 2.75) is 129 Å². The lowest BCUT2D eigenvalue weighted by Crippen LogP contribution is -2.44. The highest BCUT2D eigenvalue weighted by Crippen LogP contribution is 2.43. The maximum atomic E-state index is 11.9. The number of unbranched alkanes of at least 4 members (excludes halogenated alkanes) is 3. The molecule has 2 unspecified atom stereocenters. The van der Waals surface area contributed by atoms with Crippen molar-refractivity contribution in [3.05, 3.63) is 0 Å². The van der Waals surface area contributed by atoms with Crippen molar-refractivity contribution in [2.75, 3.05) is 20.3 Å². The molecule has 2 aliphatic rings. The molecule has 0 radical (unpaired) electrons. The Hall–Kier alpha value is -0.963. The molecule has 7 nitrogen and oxygen atoms in total. The maximum Gasteiger partial charge on any atom is 0.305 e. The number of esters is 2. The number of hydrogen-bond acceptors (Lipinski definition) is 7. The van der Waals surface area contributed by atoms with E-state index in [0.717, 1.165) is 58.0 Å². The molecular formula is C27H50O7Si. The third-order valence-electron chi connectivity index (χ3n) is 8.09. The summed E-state index contributed by atoms with van der Waals surface area (Å²) in [7, 11) is -0.509. The van der Waals surface area contributed by atoms with Gasteiger partial charge >= 0.3 is 11.9 Å². The molecule has 204 valence electrons. The van der Waals surface area contributed by atoms with Crippen molar-refractivity contribution >= 4 is 20.3 Å². The summed E-state index contributed by atoms with van der Waals surface area (Å²) in [4.78, 5) is 23.3. The lowest BCUT2D eigenvalue weighted by molar-refractivity contribution is -0.198. The molecule has 1 aliphatic heterocycles. The van der Waals surface area contributed by atoms with Crippen molar-refractivity contribution in [1.29, 1.82) is 0 Å². The zero-order valence-corrected chi connectivity index (χ0v) is 24.2. The van der Waals surface area contributed by atoms with Gasteiger partial charge in [0.2, 0.25) is 0 Å². The summed E-state index contributed by atoms with van der Waals surface area (Å²) in [5.74, 6) is -0.0351. The van der Waals surface area contributed by atoms with Gasteiger partial charge in [0.25, 0.3) is 0 Å². The summed E-state index contributed by atoms with van der Waals surface area (Å²) in [6, 6.07) is 0. The molecule has 1 saturated carbocycles. The quantitative estimate of drug-likeness (QED) is 0.169. The van der Waals surface area contributed by atoms with E-state index in [1.165, 1.54) is 14.0 Å². The van der Waals surface area contributed by atoms with E-state index in [-0.39, 0.29) is 47.3 Å². The molecule has 35 heavy (non-hydrogen) atoms. The van der Waals surface area contributed by atoms with E-state index in [1.54, 1.807) is 0 Å². The Morgan fingerprint density at radius 2 is 1.71 bits per heavy atom. The molecule has 1 saturated heterocycles. The van der Waals surface area contributed by atoms with Gasteiger partial charge in [0.05, 0.1) is 13.2 Å². The highest BCUT2D eigenvalue weighted by atomic mass is 28.4. The number of rotatable bonds is 13. The van der Waals surface area contributed by atoms with E-state index in [2.05, 4.69) is 33.9 Å². The van der Waals surface area contributed by atoms with Crippen LogP contribution in [0, 0.1) is 11.8 Å². The SMILES string of the molecule is COC(=O)CCCCCC[C@H]1[C@@H](OC(C)=O)CC(OC2CCCCO2)[C@@H]1CO[Si](C)(C)C(C)(C)C. The van der Waals surface area contributed by atoms with Crippen LogP contribution in [0.2, 0.25) is 18.1 Å². The first-order valence-corrected chi connectivity index (χ1v) is 16.5. The van der Waals surface area contributed by atoms with Gasteiger partial charge in [-0.05, 0) is 50.2 Å². The van der Waals surface area contributed by atoms with E-state index in [1.807, 2.05) is 0 Å². The van der Waals surface area contributed by atoms with Crippen LogP contribution in [0.3, 0.4) is 0 Å². The molecular weight excluding hydrogens is 464 g/mol. The van der Waals surface area contributed by atoms with E-state index in [9.17, 15) is 9.59 Å². The van der Waals surface area contributed by atoms with Crippen LogP contribution in [0.4, 0.5) is 0 Å². The van der Waals surface area contributed by atoms with Crippen molar-refractivity contribution in [2.24, 2.45) is 11.8 Å². The highest BCUT2D eigenvalue weighted by molar-refractivity contribution is 6.74. The first-order valence-electron chi connectivity index (χ1n) is 13.6. The van der Waals surface area contributed by atoms with Crippen molar-refractivity contribution in [1.82, 2.24) is 0 Å². The predicted octanol–water partition coefficient (Wildman–Crippen LogP) is 6.00. The summed E-state index contributed by atoms with van der Waals surface area (Å²) >= 11 is 0. The Morgan fingerprint density at radius 3 is 2.31 bits per heavy atom. The molecule has 1 aliphatic carbocycles. The summed E-state index contributed by atoms with van der Waals surface area (Å²) in [6.07, 6.45) is 8.72. The lowest BCUT2D eigenvalue weighted by atomic mass is 9.89. The minimum Gasteiger partial charge on any atom is -0.469 e. The Balaban J connectivity index is 2.08. The Labute approximate surface area is 214 Å². The minimum absolute atomic E-state index is 0.0449. The molecule has 5 atom stereocenters. The molecule has 1 heterocycles. The van der Waals surface area contributed by atoms with Crippen molar-refractivity contribution < 1.29 is 33.0 Å². The fourth-order valence-corrected chi connectivity index (χ4v) is 5.95. The van der Waals surface area contributed by atoms with Gasteiger partial charge in [-0.25, -0.2) is 0 Å². The zero-order valence-electron chi connectivity index (χ0n) is 23.2. The molecule has 0 amide bonds. The molecule has 0 N–H and O–H groups in total. The number of carbonyl (C=O) groups is 2. The standard InChI is InChI=1S/C27H50O7Si/c1-20(28)33-23-18-24(34-26-16-12-13-17-31-26)22(19-32-35(6,7)27(2,3)4)21(23)14-10-8-9-11-15-25(29)30-5/h21-24,26H,8-19H2,1-7H3/t21-,22-,23+,24?,26?/m1/s1. The van der Waals surface area contributed by atoms with Crippen LogP contribution in [0.5, 0.6) is 0 Å². The third-order valence-corrected chi connectivity index (χ3v) is 12.6. The maximum absolute atomic E-state index is 11.9. The van der Waals surface area contributed by atoms with Crippen LogP contribution >= 0.6 is 0 Å². The number of carbonyl (C=O) groups excluding carboxylic acids is 2. The largest absolute Gasteiger partial charge is 0.469 e. The fourth-order valence-electron chi connectivity index (χ4n) is 4.91. The monoisotopic (exact) mass is 514 g/mol. The van der Waals surface area contributed by atoms with E-state index in [0.29, 0.717) is 19.4 Å². The summed E-state index contributed by atoms with van der Waals surface area (Å²) < 4.78 is 29.7. The molecule has 8 heteroatoms. The van der Waals surface area contributed by atoms with Crippen molar-refractivity contribution in [3.8, 4) is 0 Å². The number of ether oxygens (including phenoxy) is 4. The normalized spacial score (nSPS) is 27.6. The molecule has 2 fully saturated rings. The Kier molecular flexibility index (Phi) is 12.2. The summed E-state index contributed by atoms with van der Waals surface area (Å²) in [6.45, 7) is 14.2. The number of methoxy groups -OCH3 is 1. The summed E-state index contributed by atoms with van der Waals surface area (Å²) in [5, 5.41) is 0.124. The Morgan fingerprint density at radius 1 is 1.00 bits per heavy atom. The third kappa shape index (κ3) is 9.78. The number of hydrogen-bond donors (Lipinski definition) is 0. The van der Waals surface area contributed by atoms with Gasteiger partial charge in [0.15, 0.2) is 14.6 Å². The van der Waals surface area contributed by atoms with E-state index < -0.39 is 8.32 Å². The van der Waals surface area contributed by atoms with Gasteiger partial charge in [-0.2, -0.15) is 0 Å². The Bertz CT molecular complexity index is 654. The van der Waals surface area contributed by atoms with Crippen LogP contribution in [-0.2, 0) is 33.0 Å². The average molecular weight is 515 g/mol. The van der Waals surface area contributed by atoms with Crippen LogP contribution in [0.1, 0.15) is 91.9 Å². The van der Waals surface area contributed by atoms with Gasteiger partial charge in [-0.1, -0.05) is 40.0 Å². The van der Waals surface area contributed by atoms with E-state index >= 15 is 0 Å². The predicted molar refractivity (Wildman–Crippen MR) is 138 cm³/mol. The zero-order chi connectivity index (χ0) is 26.1. The van der Waals surface area contributed by atoms with Gasteiger partial charge in [-0.15, -0.1) is 0 Å². The first-order chi connectivity index (χ1) is 16.4. The molecule has 0 aromatic rings. The van der Waals surface area contributed by atoms with Gasteiger partial charge in [-0.3, -0.25) is 9.59 Å². The topological polar surface area (TPSA) is 80.3 Å². The lowest BCUT2D eigenvalue weighted by Gasteiger charge is -2.39. The molecule has 0 spiro atoms. The van der Waals surface area contributed by atoms with Crippen LogP contribution in [0.15, 0.2) is 0 Å². The fraction of sp³-hybridized carbons (Fsp3) is 0.926.